The number of anilines is 1. The van der Waals surface area contributed by atoms with Gasteiger partial charge in [0.2, 0.25) is 5.88 Å². The van der Waals surface area contributed by atoms with Crippen LogP contribution in [0.2, 0.25) is 0 Å². The molecule has 1 aliphatic heterocycles. The molecule has 0 radical (unpaired) electrons. The van der Waals surface area contributed by atoms with Crippen molar-refractivity contribution in [3.05, 3.63) is 54.5 Å². The van der Waals surface area contributed by atoms with Gasteiger partial charge in [0.1, 0.15) is 23.6 Å². The highest BCUT2D eigenvalue weighted by Crippen LogP contribution is 2.34. The highest BCUT2D eigenvalue weighted by atomic mass is 16.5. The Bertz CT molecular complexity index is 1430. The minimum Gasteiger partial charge on any atom is -0.439 e. The van der Waals surface area contributed by atoms with E-state index in [4.69, 9.17) is 15.6 Å². The van der Waals surface area contributed by atoms with Crippen LogP contribution < -0.4 is 10.5 Å². The number of nitrogens with two attached hydrogens (primary N) is 1. The number of hydrogen-bond donors (Lipinski definition) is 1. The number of carbonyl (C=O) groups excluding carboxylic acids is 1. The van der Waals surface area contributed by atoms with Crippen LogP contribution in [-0.2, 0) is 4.79 Å². The van der Waals surface area contributed by atoms with Gasteiger partial charge in [-0.15, -0.1) is 0 Å². The summed E-state index contributed by atoms with van der Waals surface area (Å²) < 4.78 is 7.73. The van der Waals surface area contributed by atoms with E-state index < -0.39 is 0 Å². The van der Waals surface area contributed by atoms with Gasteiger partial charge in [-0.2, -0.15) is 5.10 Å². The molecule has 1 atom stereocenters. The van der Waals surface area contributed by atoms with Crippen molar-refractivity contribution in [2.24, 2.45) is 0 Å². The lowest BCUT2D eigenvalue weighted by atomic mass is 10.1. The number of aryl methyl sites for hydroxylation is 1. The van der Waals surface area contributed by atoms with E-state index in [1.54, 1.807) is 18.0 Å². The summed E-state index contributed by atoms with van der Waals surface area (Å²) in [6, 6.07) is 11.3. The van der Waals surface area contributed by atoms with Gasteiger partial charge in [0.05, 0.1) is 11.4 Å². The van der Waals surface area contributed by atoms with Gasteiger partial charge in [0.15, 0.2) is 5.65 Å². The summed E-state index contributed by atoms with van der Waals surface area (Å²) in [5.74, 6) is 6.71. The summed E-state index contributed by atoms with van der Waals surface area (Å²) in [6.45, 7) is 4.85. The van der Waals surface area contributed by atoms with Crippen molar-refractivity contribution in [1.29, 1.82) is 0 Å². The summed E-state index contributed by atoms with van der Waals surface area (Å²) in [4.78, 5) is 27.1. The van der Waals surface area contributed by atoms with E-state index in [0.717, 1.165) is 24.0 Å². The number of likely N-dealkylation sites (tertiary alicyclic amines) is 1. The van der Waals surface area contributed by atoms with Crippen molar-refractivity contribution in [3.8, 4) is 34.7 Å². The standard InChI is InChI=1S/C26H25N7O2/c1-3-5-22(34)32-13-4-6-19(15-32)33-26-23(25(27)29-16-30-26)24(31-33)18-8-10-20(11-9-18)35-21-12-7-17(2)14-28-21/h7-12,14,16,19H,4,6,13,15H2,1-2H3,(H2,27,29,30)/t19-/m1/s1. The van der Waals surface area contributed by atoms with Gasteiger partial charge < -0.3 is 15.4 Å². The fourth-order valence-corrected chi connectivity index (χ4v) is 4.29. The SMILES string of the molecule is CC#CC(=O)N1CCC[C@@H](n2nc(-c3ccc(Oc4ccc(C)cn4)cc3)c3c(N)ncnc32)C1. The van der Waals surface area contributed by atoms with Gasteiger partial charge in [-0.25, -0.2) is 19.6 Å². The van der Waals surface area contributed by atoms with Crippen LogP contribution in [-0.4, -0.2) is 48.6 Å². The summed E-state index contributed by atoms with van der Waals surface area (Å²) >= 11 is 0. The first-order valence-electron chi connectivity index (χ1n) is 11.4. The molecule has 4 aromatic rings. The zero-order chi connectivity index (χ0) is 24.4. The summed E-state index contributed by atoms with van der Waals surface area (Å²) in [6.07, 6.45) is 4.94. The van der Waals surface area contributed by atoms with Gasteiger partial charge in [0, 0.05) is 30.9 Å². The number of ether oxygens (including phenoxy) is 1. The number of rotatable bonds is 4. The van der Waals surface area contributed by atoms with Crippen molar-refractivity contribution in [1.82, 2.24) is 29.6 Å². The molecule has 0 saturated carbocycles. The fourth-order valence-electron chi connectivity index (χ4n) is 4.29. The topological polar surface area (TPSA) is 112 Å². The molecule has 0 aliphatic carbocycles. The van der Waals surface area contributed by atoms with E-state index in [0.29, 0.717) is 47.3 Å². The monoisotopic (exact) mass is 467 g/mol. The number of hydrogen-bond acceptors (Lipinski definition) is 7. The van der Waals surface area contributed by atoms with E-state index in [9.17, 15) is 4.79 Å². The molecular formula is C26H25N7O2. The lowest BCUT2D eigenvalue weighted by molar-refractivity contribution is -0.126. The smallest absolute Gasteiger partial charge is 0.298 e. The molecule has 1 amide bonds. The Morgan fingerprint density at radius 3 is 2.71 bits per heavy atom. The number of benzene rings is 1. The maximum Gasteiger partial charge on any atom is 0.298 e. The predicted octanol–water partition coefficient (Wildman–Crippen LogP) is 3.76. The zero-order valence-electron chi connectivity index (χ0n) is 19.6. The van der Waals surface area contributed by atoms with Crippen LogP contribution >= 0.6 is 0 Å². The Morgan fingerprint density at radius 1 is 1.14 bits per heavy atom. The van der Waals surface area contributed by atoms with Crippen LogP contribution in [0.4, 0.5) is 5.82 Å². The number of amides is 1. The second-order valence-electron chi connectivity index (χ2n) is 8.47. The maximum absolute atomic E-state index is 12.4. The van der Waals surface area contributed by atoms with Crippen LogP contribution in [0.1, 0.15) is 31.4 Å². The van der Waals surface area contributed by atoms with E-state index in [1.165, 1.54) is 6.33 Å². The number of piperidine rings is 1. The van der Waals surface area contributed by atoms with Crippen LogP contribution in [0, 0.1) is 18.8 Å². The Morgan fingerprint density at radius 2 is 1.97 bits per heavy atom. The number of aromatic nitrogens is 5. The molecule has 0 spiro atoms. The second-order valence-corrected chi connectivity index (χ2v) is 8.47. The minimum absolute atomic E-state index is 0.0351. The number of carbonyl (C=O) groups is 1. The molecule has 1 aromatic carbocycles. The molecule has 1 saturated heterocycles. The first-order chi connectivity index (χ1) is 17.0. The molecule has 0 unspecified atom stereocenters. The Kier molecular flexibility index (Phi) is 6.02. The molecule has 1 fully saturated rings. The van der Waals surface area contributed by atoms with Crippen LogP contribution in [0.3, 0.4) is 0 Å². The maximum atomic E-state index is 12.4. The highest BCUT2D eigenvalue weighted by molar-refractivity contribution is 5.98. The molecule has 9 heteroatoms. The van der Waals surface area contributed by atoms with E-state index in [2.05, 4.69) is 26.8 Å². The van der Waals surface area contributed by atoms with E-state index >= 15 is 0 Å². The van der Waals surface area contributed by atoms with Crippen molar-refractivity contribution < 1.29 is 9.53 Å². The molecule has 35 heavy (non-hydrogen) atoms. The molecule has 3 aromatic heterocycles. The molecule has 0 bridgehead atoms. The molecular weight excluding hydrogens is 442 g/mol. The third-order valence-corrected chi connectivity index (χ3v) is 6.01. The quantitative estimate of drug-likeness (QED) is 0.455. The van der Waals surface area contributed by atoms with Crippen molar-refractivity contribution >= 4 is 22.8 Å². The average Bonchev–Trinajstić information content (AvgIpc) is 3.27. The third kappa shape index (κ3) is 4.51. The largest absolute Gasteiger partial charge is 0.439 e. The second kappa shape index (κ2) is 9.43. The number of nitrogen functional groups attached to an aromatic ring is 1. The highest BCUT2D eigenvalue weighted by Gasteiger charge is 2.28. The van der Waals surface area contributed by atoms with Crippen molar-refractivity contribution in [3.63, 3.8) is 0 Å². The molecule has 2 N–H and O–H groups in total. The van der Waals surface area contributed by atoms with Gasteiger partial charge in [-0.05, 0) is 62.4 Å². The fraction of sp³-hybridized carbons (Fsp3) is 0.269. The number of nitrogens with zero attached hydrogens (tertiary/aromatic N) is 6. The number of pyridine rings is 1. The van der Waals surface area contributed by atoms with Crippen LogP contribution in [0.15, 0.2) is 48.9 Å². The van der Waals surface area contributed by atoms with Gasteiger partial charge in [-0.1, -0.05) is 12.0 Å². The molecule has 5 rings (SSSR count). The molecule has 176 valence electrons. The van der Waals surface area contributed by atoms with Gasteiger partial charge in [0.25, 0.3) is 5.91 Å². The third-order valence-electron chi connectivity index (χ3n) is 6.01. The summed E-state index contributed by atoms with van der Waals surface area (Å²) in [5.41, 5.74) is 9.55. The molecule has 1 aliphatic rings. The van der Waals surface area contributed by atoms with Gasteiger partial charge in [-0.3, -0.25) is 4.79 Å². The average molecular weight is 468 g/mol. The van der Waals surface area contributed by atoms with E-state index in [-0.39, 0.29) is 11.9 Å². The first-order valence-corrected chi connectivity index (χ1v) is 11.4. The predicted molar refractivity (Wildman–Crippen MR) is 133 cm³/mol. The van der Waals surface area contributed by atoms with Crippen molar-refractivity contribution in [2.45, 2.75) is 32.7 Å². The Labute approximate surface area is 203 Å². The molecule has 9 nitrogen and oxygen atoms in total. The van der Waals surface area contributed by atoms with Crippen molar-refractivity contribution in [2.75, 3.05) is 18.8 Å². The summed E-state index contributed by atoms with van der Waals surface area (Å²) in [7, 11) is 0. The Hall–Kier alpha value is -4.45. The van der Waals surface area contributed by atoms with Crippen LogP contribution in [0.25, 0.3) is 22.3 Å². The lowest BCUT2D eigenvalue weighted by Crippen LogP contribution is -2.40. The Balaban J connectivity index is 1.47. The van der Waals surface area contributed by atoms with Gasteiger partial charge >= 0.3 is 0 Å². The minimum atomic E-state index is -0.165. The zero-order valence-corrected chi connectivity index (χ0v) is 19.6. The first kappa shape index (κ1) is 22.3. The number of fused-ring (bicyclic) bond motifs is 1. The normalized spacial score (nSPS) is 15.5. The molecule has 4 heterocycles. The lowest BCUT2D eigenvalue weighted by Gasteiger charge is -2.31. The van der Waals surface area contributed by atoms with E-state index in [1.807, 2.05) is 48.0 Å². The summed E-state index contributed by atoms with van der Waals surface area (Å²) in [5, 5.41) is 5.61. The van der Waals surface area contributed by atoms with Crippen LogP contribution in [0.5, 0.6) is 11.6 Å².